The van der Waals surface area contributed by atoms with Crippen LogP contribution in [0.4, 0.5) is 26.1 Å². The fourth-order valence-electron chi connectivity index (χ4n) is 1.88. The molecule has 3 rings (SSSR count). The Labute approximate surface area is 119 Å². The molecule has 0 aliphatic carbocycles. The topological polar surface area (TPSA) is 68.3 Å². The molecule has 0 atom stereocenters. The molecule has 0 amide bonds. The number of alkyl halides is 2. The van der Waals surface area contributed by atoms with E-state index in [1.165, 1.54) is 18.5 Å². The van der Waals surface area contributed by atoms with Crippen molar-refractivity contribution in [2.45, 2.75) is 13.2 Å². The third kappa shape index (κ3) is 2.93. The second-order valence-electron chi connectivity index (χ2n) is 4.27. The van der Waals surface area contributed by atoms with Crippen LogP contribution < -0.4 is 20.1 Å². The predicted molar refractivity (Wildman–Crippen MR) is 72.1 cm³/mol. The fourth-order valence-corrected chi connectivity index (χ4v) is 1.88. The predicted octanol–water partition coefficient (Wildman–Crippen LogP) is 2.97. The summed E-state index contributed by atoms with van der Waals surface area (Å²) in [5.74, 6) is 1.18. The Kier molecular flexibility index (Phi) is 3.20. The van der Waals surface area contributed by atoms with E-state index in [2.05, 4.69) is 30.1 Å². The zero-order chi connectivity index (χ0) is 14.9. The Balaban J connectivity index is 1.79. The second kappa shape index (κ2) is 5.04. The molecule has 8 heteroatoms. The lowest BCUT2D eigenvalue weighted by molar-refractivity contribution is -0.286. The quantitative estimate of drug-likeness (QED) is 0.903. The van der Waals surface area contributed by atoms with Crippen molar-refractivity contribution in [3.63, 3.8) is 0 Å². The third-order valence-electron chi connectivity index (χ3n) is 2.70. The highest BCUT2D eigenvalue weighted by Gasteiger charge is 2.43. The van der Waals surface area contributed by atoms with Crippen molar-refractivity contribution < 1.29 is 18.3 Å². The van der Waals surface area contributed by atoms with E-state index in [-0.39, 0.29) is 11.5 Å². The average molecular weight is 294 g/mol. The van der Waals surface area contributed by atoms with Gasteiger partial charge in [0.1, 0.15) is 18.0 Å². The van der Waals surface area contributed by atoms with Crippen molar-refractivity contribution in [2.75, 3.05) is 17.2 Å². The minimum Gasteiger partial charge on any atom is -0.395 e. The molecular formula is C13H12F2N4O2. The van der Waals surface area contributed by atoms with Crippen LogP contribution in [0.5, 0.6) is 11.5 Å². The molecule has 0 bridgehead atoms. The van der Waals surface area contributed by atoms with Crippen LogP contribution in [0.1, 0.15) is 6.92 Å². The molecule has 21 heavy (non-hydrogen) atoms. The van der Waals surface area contributed by atoms with Crippen LogP contribution in [0.15, 0.2) is 30.6 Å². The fraction of sp³-hybridized carbons (Fsp3) is 0.231. The Morgan fingerprint density at radius 2 is 1.86 bits per heavy atom. The zero-order valence-corrected chi connectivity index (χ0v) is 11.1. The molecule has 0 fully saturated rings. The Hall–Kier alpha value is -2.64. The van der Waals surface area contributed by atoms with Gasteiger partial charge >= 0.3 is 6.29 Å². The van der Waals surface area contributed by atoms with Crippen LogP contribution in [0.2, 0.25) is 0 Å². The highest BCUT2D eigenvalue weighted by molar-refractivity contribution is 5.63. The van der Waals surface area contributed by atoms with Gasteiger partial charge in [-0.15, -0.1) is 8.78 Å². The second-order valence-corrected chi connectivity index (χ2v) is 4.27. The molecule has 6 nitrogen and oxygen atoms in total. The zero-order valence-electron chi connectivity index (χ0n) is 11.1. The number of halogens is 2. The maximum atomic E-state index is 12.9. The number of ether oxygens (including phenoxy) is 2. The van der Waals surface area contributed by atoms with Gasteiger partial charge in [0.05, 0.1) is 0 Å². The summed E-state index contributed by atoms with van der Waals surface area (Å²) in [7, 11) is 0. The number of rotatable bonds is 4. The summed E-state index contributed by atoms with van der Waals surface area (Å²) in [6, 6.07) is 6.14. The van der Waals surface area contributed by atoms with Gasteiger partial charge in [0, 0.05) is 24.4 Å². The van der Waals surface area contributed by atoms with Crippen LogP contribution in [0.3, 0.4) is 0 Å². The largest absolute Gasteiger partial charge is 0.586 e. The van der Waals surface area contributed by atoms with E-state index in [0.717, 1.165) is 6.54 Å². The van der Waals surface area contributed by atoms with E-state index in [1.807, 2.05) is 6.92 Å². The Morgan fingerprint density at radius 3 is 2.67 bits per heavy atom. The maximum absolute atomic E-state index is 12.9. The van der Waals surface area contributed by atoms with E-state index in [4.69, 9.17) is 0 Å². The molecule has 2 aromatic rings. The van der Waals surface area contributed by atoms with E-state index in [1.54, 1.807) is 12.1 Å². The van der Waals surface area contributed by atoms with Gasteiger partial charge in [-0.1, -0.05) is 0 Å². The van der Waals surface area contributed by atoms with Crippen LogP contribution in [-0.4, -0.2) is 22.8 Å². The molecule has 1 aromatic carbocycles. The molecule has 0 unspecified atom stereocenters. The van der Waals surface area contributed by atoms with Crippen LogP contribution in [-0.2, 0) is 0 Å². The molecule has 0 saturated heterocycles. The monoisotopic (exact) mass is 294 g/mol. The Bertz CT molecular complexity index is 666. The molecule has 2 N–H and O–H groups in total. The van der Waals surface area contributed by atoms with Crippen LogP contribution in [0, 0.1) is 0 Å². The van der Waals surface area contributed by atoms with E-state index < -0.39 is 6.29 Å². The van der Waals surface area contributed by atoms with Gasteiger partial charge in [-0.25, -0.2) is 9.97 Å². The smallest absolute Gasteiger partial charge is 0.395 e. The lowest BCUT2D eigenvalue weighted by atomic mass is 10.3. The molecule has 1 aliphatic heterocycles. The SMILES string of the molecule is CCNc1cc(Nc2ccc3c(c2)OC(F)(F)O3)ncn1. The molecule has 1 aliphatic rings. The van der Waals surface area contributed by atoms with Gasteiger partial charge in [-0.2, -0.15) is 0 Å². The van der Waals surface area contributed by atoms with Gasteiger partial charge in [0.25, 0.3) is 0 Å². The summed E-state index contributed by atoms with van der Waals surface area (Å²) in [6.07, 6.45) is -2.21. The number of fused-ring (bicyclic) bond motifs is 1. The van der Waals surface area contributed by atoms with E-state index in [9.17, 15) is 8.78 Å². The van der Waals surface area contributed by atoms with Gasteiger partial charge in [-0.05, 0) is 19.1 Å². The summed E-state index contributed by atoms with van der Waals surface area (Å²) < 4.78 is 34.6. The summed E-state index contributed by atoms with van der Waals surface area (Å²) >= 11 is 0. The average Bonchev–Trinajstić information content (AvgIpc) is 2.73. The number of anilines is 3. The van der Waals surface area contributed by atoms with Crippen molar-refractivity contribution in [3.8, 4) is 11.5 Å². The van der Waals surface area contributed by atoms with E-state index >= 15 is 0 Å². The lowest BCUT2D eigenvalue weighted by Gasteiger charge is -2.08. The molecule has 0 radical (unpaired) electrons. The molecule has 110 valence electrons. The molecule has 0 spiro atoms. The highest BCUT2D eigenvalue weighted by Crippen LogP contribution is 2.42. The van der Waals surface area contributed by atoms with Crippen molar-refractivity contribution in [1.82, 2.24) is 9.97 Å². The normalized spacial score (nSPS) is 14.8. The van der Waals surface area contributed by atoms with Gasteiger partial charge < -0.3 is 20.1 Å². The molecule has 2 heterocycles. The van der Waals surface area contributed by atoms with Crippen LogP contribution in [0.25, 0.3) is 0 Å². The van der Waals surface area contributed by atoms with Crippen molar-refractivity contribution >= 4 is 17.3 Å². The third-order valence-corrected chi connectivity index (χ3v) is 2.70. The summed E-state index contributed by atoms with van der Waals surface area (Å²) in [5, 5.41) is 6.04. The number of nitrogens with one attached hydrogen (secondary N) is 2. The number of hydrogen-bond donors (Lipinski definition) is 2. The summed E-state index contributed by atoms with van der Waals surface area (Å²) in [5.41, 5.74) is 0.552. The summed E-state index contributed by atoms with van der Waals surface area (Å²) in [4.78, 5) is 8.10. The minimum atomic E-state index is -3.62. The molecular weight excluding hydrogens is 282 g/mol. The minimum absolute atomic E-state index is 0.00146. The van der Waals surface area contributed by atoms with Gasteiger partial charge in [0.15, 0.2) is 11.5 Å². The number of nitrogens with zero attached hydrogens (tertiary/aromatic N) is 2. The van der Waals surface area contributed by atoms with Gasteiger partial charge in [0.2, 0.25) is 0 Å². The van der Waals surface area contributed by atoms with Crippen molar-refractivity contribution in [2.24, 2.45) is 0 Å². The van der Waals surface area contributed by atoms with Crippen LogP contribution >= 0.6 is 0 Å². The first-order valence-corrected chi connectivity index (χ1v) is 6.28. The molecule has 1 aromatic heterocycles. The first-order chi connectivity index (χ1) is 10.1. The van der Waals surface area contributed by atoms with Crippen molar-refractivity contribution in [3.05, 3.63) is 30.6 Å². The van der Waals surface area contributed by atoms with E-state index in [0.29, 0.717) is 17.3 Å². The first-order valence-electron chi connectivity index (χ1n) is 6.28. The standard InChI is InChI=1S/C13H12F2N4O2/c1-2-16-11-6-12(18-7-17-11)19-8-3-4-9-10(5-8)21-13(14,15)20-9/h3-7H,2H2,1H3,(H2,16,17,18,19). The number of aromatic nitrogens is 2. The Morgan fingerprint density at radius 1 is 1.10 bits per heavy atom. The highest BCUT2D eigenvalue weighted by atomic mass is 19.3. The number of benzene rings is 1. The first kappa shape index (κ1) is 13.3. The van der Waals surface area contributed by atoms with Gasteiger partial charge in [-0.3, -0.25) is 0 Å². The lowest BCUT2D eigenvalue weighted by Crippen LogP contribution is -2.25. The van der Waals surface area contributed by atoms with Crippen molar-refractivity contribution in [1.29, 1.82) is 0 Å². The summed E-state index contributed by atoms with van der Waals surface area (Å²) in [6.45, 7) is 2.68. The maximum Gasteiger partial charge on any atom is 0.586 e. The molecule has 0 saturated carbocycles. The number of hydrogen-bond acceptors (Lipinski definition) is 6.